The number of alkyl halides is 1. The first-order valence-electron chi connectivity index (χ1n) is 5.56. The smallest absolute Gasteiger partial charge is 0.134 e. The highest BCUT2D eigenvalue weighted by molar-refractivity contribution is 6.30. The van der Waals surface area contributed by atoms with Gasteiger partial charge in [-0.05, 0) is 12.1 Å². The van der Waals surface area contributed by atoms with Crippen LogP contribution < -0.4 is 4.74 Å². The van der Waals surface area contributed by atoms with E-state index in [1.165, 1.54) is 19.2 Å². The molecule has 2 aromatic rings. The number of hydrogen-bond donors (Lipinski definition) is 0. The minimum Gasteiger partial charge on any atom is -0.497 e. The number of rotatable bonds is 3. The van der Waals surface area contributed by atoms with E-state index in [0.717, 1.165) is 18.2 Å². The maximum atomic E-state index is 13.9. The highest BCUT2D eigenvalue weighted by Crippen LogP contribution is 2.36. The highest BCUT2D eigenvalue weighted by Gasteiger charge is 2.23. The Balaban J connectivity index is 2.50. The summed E-state index contributed by atoms with van der Waals surface area (Å²) in [4.78, 5) is 0. The van der Waals surface area contributed by atoms with Crippen molar-refractivity contribution in [3.05, 3.63) is 63.9 Å². The van der Waals surface area contributed by atoms with Crippen LogP contribution >= 0.6 is 23.2 Å². The molecule has 0 aliphatic rings. The van der Waals surface area contributed by atoms with E-state index in [9.17, 15) is 13.2 Å². The Morgan fingerprint density at radius 1 is 1.00 bits per heavy atom. The summed E-state index contributed by atoms with van der Waals surface area (Å²) in [6.07, 6.45) is 0. The SMILES string of the molecule is COc1cc(F)c(C(Cl)c2ccc(Cl)cc2F)c(F)c1. The van der Waals surface area contributed by atoms with E-state index in [4.69, 9.17) is 27.9 Å². The predicted octanol–water partition coefficient (Wildman–Crippen LogP) is 5.09. The number of ether oxygens (including phenoxy) is 1. The Bertz CT molecular complexity index is 623. The summed E-state index contributed by atoms with van der Waals surface area (Å²) in [6.45, 7) is 0. The molecule has 0 aliphatic heterocycles. The van der Waals surface area contributed by atoms with Gasteiger partial charge in [0.25, 0.3) is 0 Å². The molecule has 0 bridgehead atoms. The van der Waals surface area contributed by atoms with Crippen molar-refractivity contribution in [3.8, 4) is 5.75 Å². The van der Waals surface area contributed by atoms with E-state index in [2.05, 4.69) is 0 Å². The first kappa shape index (κ1) is 15.0. The molecule has 6 heteroatoms. The lowest BCUT2D eigenvalue weighted by Gasteiger charge is -2.14. The maximum Gasteiger partial charge on any atom is 0.134 e. The van der Waals surface area contributed by atoms with Crippen LogP contribution in [0.15, 0.2) is 30.3 Å². The molecule has 0 saturated heterocycles. The summed E-state index contributed by atoms with van der Waals surface area (Å²) < 4.78 is 46.3. The Kier molecular flexibility index (Phi) is 4.45. The molecule has 0 N–H and O–H groups in total. The van der Waals surface area contributed by atoms with Gasteiger partial charge >= 0.3 is 0 Å². The molecule has 0 fully saturated rings. The van der Waals surface area contributed by atoms with Crippen molar-refractivity contribution in [2.45, 2.75) is 5.38 Å². The van der Waals surface area contributed by atoms with Crippen LogP contribution in [0.5, 0.6) is 5.75 Å². The molecule has 0 heterocycles. The monoisotopic (exact) mass is 320 g/mol. The molecule has 0 saturated carbocycles. The molecule has 0 amide bonds. The van der Waals surface area contributed by atoms with E-state index >= 15 is 0 Å². The lowest BCUT2D eigenvalue weighted by molar-refractivity contribution is 0.405. The van der Waals surface area contributed by atoms with Crippen LogP contribution in [-0.4, -0.2) is 7.11 Å². The lowest BCUT2D eigenvalue weighted by Crippen LogP contribution is -2.04. The average molecular weight is 321 g/mol. The highest BCUT2D eigenvalue weighted by atomic mass is 35.5. The molecule has 2 aromatic carbocycles. The van der Waals surface area contributed by atoms with Crippen LogP contribution in [-0.2, 0) is 0 Å². The fourth-order valence-corrected chi connectivity index (χ4v) is 2.33. The normalized spacial score (nSPS) is 12.3. The zero-order chi connectivity index (χ0) is 14.9. The quantitative estimate of drug-likeness (QED) is 0.715. The molecule has 1 nitrogen and oxygen atoms in total. The Morgan fingerprint density at radius 2 is 1.60 bits per heavy atom. The summed E-state index contributed by atoms with van der Waals surface area (Å²) in [6, 6.07) is 5.70. The number of halogens is 5. The fraction of sp³-hybridized carbons (Fsp3) is 0.143. The predicted molar refractivity (Wildman–Crippen MR) is 72.0 cm³/mol. The molecule has 2 rings (SSSR count). The first-order valence-corrected chi connectivity index (χ1v) is 6.37. The third kappa shape index (κ3) is 2.86. The Labute approximate surface area is 123 Å². The van der Waals surface area contributed by atoms with Gasteiger partial charge in [-0.25, -0.2) is 13.2 Å². The van der Waals surface area contributed by atoms with Gasteiger partial charge in [0.05, 0.1) is 12.5 Å². The summed E-state index contributed by atoms with van der Waals surface area (Å²) in [7, 11) is 1.28. The molecular weight excluding hydrogens is 312 g/mol. The second-order valence-electron chi connectivity index (χ2n) is 4.03. The van der Waals surface area contributed by atoms with Crippen molar-refractivity contribution in [2.75, 3.05) is 7.11 Å². The van der Waals surface area contributed by atoms with E-state index in [1.807, 2.05) is 0 Å². The van der Waals surface area contributed by atoms with Crippen molar-refractivity contribution in [1.82, 2.24) is 0 Å². The molecular formula is C14H9Cl2F3O. The summed E-state index contributed by atoms with van der Waals surface area (Å²) in [5.74, 6) is -2.52. The fourth-order valence-electron chi connectivity index (χ4n) is 1.78. The van der Waals surface area contributed by atoms with Crippen LogP contribution in [0.25, 0.3) is 0 Å². The number of benzene rings is 2. The Morgan fingerprint density at radius 3 is 2.10 bits per heavy atom. The molecule has 0 aromatic heterocycles. The van der Waals surface area contributed by atoms with Gasteiger partial charge in [0, 0.05) is 28.3 Å². The van der Waals surface area contributed by atoms with Gasteiger partial charge < -0.3 is 4.74 Å². The average Bonchev–Trinajstić information content (AvgIpc) is 2.37. The maximum absolute atomic E-state index is 13.9. The molecule has 1 atom stereocenters. The Hall–Kier alpha value is -1.39. The molecule has 1 unspecified atom stereocenters. The number of methoxy groups -OCH3 is 1. The minimum absolute atomic E-state index is 0.0178. The van der Waals surface area contributed by atoms with Crippen molar-refractivity contribution in [3.63, 3.8) is 0 Å². The molecule has 0 aliphatic carbocycles. The third-order valence-electron chi connectivity index (χ3n) is 2.78. The number of hydrogen-bond acceptors (Lipinski definition) is 1. The van der Waals surface area contributed by atoms with Gasteiger partial charge in [0.2, 0.25) is 0 Å². The van der Waals surface area contributed by atoms with E-state index < -0.39 is 28.4 Å². The van der Waals surface area contributed by atoms with Crippen LogP contribution in [0.4, 0.5) is 13.2 Å². The van der Waals surface area contributed by atoms with Crippen LogP contribution in [0.3, 0.4) is 0 Å². The lowest BCUT2D eigenvalue weighted by atomic mass is 10.0. The summed E-state index contributed by atoms with van der Waals surface area (Å²) >= 11 is 11.6. The standard InChI is InChI=1S/C14H9Cl2F3O/c1-20-8-5-11(18)13(12(19)6-8)14(16)9-3-2-7(15)4-10(9)17/h2-6,14H,1H3. The van der Waals surface area contributed by atoms with Crippen LogP contribution in [0.1, 0.15) is 16.5 Å². The molecule has 20 heavy (non-hydrogen) atoms. The van der Waals surface area contributed by atoms with Crippen LogP contribution in [0.2, 0.25) is 5.02 Å². The van der Waals surface area contributed by atoms with E-state index in [1.54, 1.807) is 0 Å². The molecule has 0 spiro atoms. The minimum atomic E-state index is -1.31. The second kappa shape index (κ2) is 5.94. The molecule has 0 radical (unpaired) electrons. The van der Waals surface area contributed by atoms with Gasteiger partial charge in [-0.3, -0.25) is 0 Å². The second-order valence-corrected chi connectivity index (χ2v) is 4.91. The van der Waals surface area contributed by atoms with Crippen LogP contribution in [0, 0.1) is 17.5 Å². The third-order valence-corrected chi connectivity index (χ3v) is 3.47. The van der Waals surface area contributed by atoms with Gasteiger partial charge in [-0.2, -0.15) is 0 Å². The van der Waals surface area contributed by atoms with Crippen molar-refractivity contribution in [1.29, 1.82) is 0 Å². The largest absolute Gasteiger partial charge is 0.497 e. The van der Waals surface area contributed by atoms with Gasteiger partial charge in [0.15, 0.2) is 0 Å². The van der Waals surface area contributed by atoms with Crippen molar-refractivity contribution >= 4 is 23.2 Å². The van der Waals surface area contributed by atoms with E-state index in [-0.39, 0.29) is 16.3 Å². The summed E-state index contributed by atoms with van der Waals surface area (Å²) in [5, 5.41) is -1.14. The van der Waals surface area contributed by atoms with Crippen molar-refractivity contribution < 1.29 is 17.9 Å². The van der Waals surface area contributed by atoms with Crippen molar-refractivity contribution in [2.24, 2.45) is 0 Å². The first-order chi connectivity index (χ1) is 9.43. The topological polar surface area (TPSA) is 9.23 Å². The zero-order valence-corrected chi connectivity index (χ0v) is 11.8. The van der Waals surface area contributed by atoms with E-state index in [0.29, 0.717) is 0 Å². The van der Waals surface area contributed by atoms with Gasteiger partial charge in [-0.15, -0.1) is 11.6 Å². The molecule has 106 valence electrons. The van der Waals surface area contributed by atoms with Gasteiger partial charge in [0.1, 0.15) is 23.2 Å². The zero-order valence-electron chi connectivity index (χ0n) is 10.3. The summed E-state index contributed by atoms with van der Waals surface area (Å²) in [5.41, 5.74) is -0.493. The van der Waals surface area contributed by atoms with Gasteiger partial charge in [-0.1, -0.05) is 17.7 Å².